The maximum absolute atomic E-state index is 15.0. The molecule has 9 heteroatoms. The minimum atomic E-state index is -0.513. The predicted octanol–water partition coefficient (Wildman–Crippen LogP) is 4.58. The summed E-state index contributed by atoms with van der Waals surface area (Å²) in [7, 11) is 0. The van der Waals surface area contributed by atoms with Crippen molar-refractivity contribution in [1.82, 2.24) is 24.3 Å². The van der Waals surface area contributed by atoms with Crippen LogP contribution in [0.3, 0.4) is 0 Å². The largest absolute Gasteiger partial charge is 0.508 e. The second-order valence-electron chi connectivity index (χ2n) is 8.78. The number of benzene rings is 3. The highest BCUT2D eigenvalue weighted by molar-refractivity contribution is 5.98. The molecule has 3 N–H and O–H groups in total. The number of aromatic hydroxyl groups is 1. The van der Waals surface area contributed by atoms with Crippen molar-refractivity contribution in [3.8, 4) is 22.7 Å². The van der Waals surface area contributed by atoms with Crippen molar-refractivity contribution >= 4 is 27.6 Å². The molecular formula is C28H21FN6O2. The molecule has 37 heavy (non-hydrogen) atoms. The Bertz CT molecular complexity index is 1880. The molecule has 3 aromatic carbocycles. The van der Waals surface area contributed by atoms with Crippen LogP contribution in [0, 0.1) is 12.7 Å². The number of hydrogen-bond donors (Lipinski definition) is 2. The highest BCUT2D eigenvalue weighted by Crippen LogP contribution is 2.31. The number of aryl methyl sites for hydroxylation is 1. The molecule has 0 fully saturated rings. The van der Waals surface area contributed by atoms with Gasteiger partial charge in [-0.1, -0.05) is 30.3 Å². The number of hydrogen-bond acceptors (Lipinski definition) is 6. The summed E-state index contributed by atoms with van der Waals surface area (Å²) >= 11 is 0. The van der Waals surface area contributed by atoms with Gasteiger partial charge in [-0.2, -0.15) is 5.10 Å². The fourth-order valence-electron chi connectivity index (χ4n) is 4.72. The molecule has 6 aromatic rings. The molecule has 0 bridgehead atoms. The van der Waals surface area contributed by atoms with Crippen molar-refractivity contribution in [3.63, 3.8) is 0 Å². The van der Waals surface area contributed by atoms with Crippen molar-refractivity contribution in [3.05, 3.63) is 107 Å². The summed E-state index contributed by atoms with van der Waals surface area (Å²) in [5.41, 5.74) is 9.09. The first kappa shape index (κ1) is 22.4. The van der Waals surface area contributed by atoms with Gasteiger partial charge in [0, 0.05) is 11.3 Å². The van der Waals surface area contributed by atoms with Gasteiger partial charge in [-0.05, 0) is 60.3 Å². The van der Waals surface area contributed by atoms with Gasteiger partial charge in [0.15, 0.2) is 5.65 Å². The predicted molar refractivity (Wildman–Crippen MR) is 140 cm³/mol. The Morgan fingerprint density at radius 1 is 0.973 bits per heavy atom. The first-order valence-corrected chi connectivity index (χ1v) is 11.6. The van der Waals surface area contributed by atoms with Gasteiger partial charge in [0.25, 0.3) is 5.56 Å². The van der Waals surface area contributed by atoms with E-state index in [1.54, 1.807) is 47.1 Å². The lowest BCUT2D eigenvalue weighted by Crippen LogP contribution is -2.25. The summed E-state index contributed by atoms with van der Waals surface area (Å²) in [6.45, 7) is 1.97. The second-order valence-corrected chi connectivity index (χ2v) is 8.78. The lowest BCUT2D eigenvalue weighted by Gasteiger charge is -2.16. The van der Waals surface area contributed by atoms with Crippen molar-refractivity contribution in [2.45, 2.75) is 13.5 Å². The van der Waals surface area contributed by atoms with Crippen molar-refractivity contribution in [2.75, 3.05) is 5.73 Å². The number of fused-ring (bicyclic) bond motifs is 2. The molecule has 0 radical (unpaired) electrons. The van der Waals surface area contributed by atoms with Crippen LogP contribution in [0.25, 0.3) is 38.8 Å². The van der Waals surface area contributed by atoms with E-state index in [9.17, 15) is 14.3 Å². The third-order valence-electron chi connectivity index (χ3n) is 6.44. The number of para-hydroxylation sites is 1. The lowest BCUT2D eigenvalue weighted by atomic mass is 10.1. The number of pyridine rings is 1. The van der Waals surface area contributed by atoms with E-state index in [4.69, 9.17) is 10.8 Å². The van der Waals surface area contributed by atoms with Crippen LogP contribution in [0.2, 0.25) is 0 Å². The molecule has 0 amide bonds. The molecule has 0 atom stereocenters. The number of anilines is 1. The van der Waals surface area contributed by atoms with Crippen LogP contribution in [0.1, 0.15) is 11.3 Å². The number of rotatable bonds is 4. The van der Waals surface area contributed by atoms with Crippen LogP contribution in [0.4, 0.5) is 10.2 Å². The van der Waals surface area contributed by atoms with Gasteiger partial charge in [0.1, 0.15) is 29.4 Å². The average Bonchev–Trinajstić information content (AvgIpc) is 3.25. The molecule has 182 valence electrons. The highest BCUT2D eigenvalue weighted by atomic mass is 19.1. The van der Waals surface area contributed by atoms with E-state index >= 15 is 0 Å². The van der Waals surface area contributed by atoms with E-state index in [1.807, 2.05) is 31.2 Å². The topological polar surface area (TPSA) is 112 Å². The summed E-state index contributed by atoms with van der Waals surface area (Å²) in [5, 5.41) is 16.3. The third kappa shape index (κ3) is 3.68. The fraction of sp³-hybridized carbons (Fsp3) is 0.0714. The Morgan fingerprint density at radius 3 is 2.54 bits per heavy atom. The number of aromatic nitrogens is 5. The highest BCUT2D eigenvalue weighted by Gasteiger charge is 2.20. The molecule has 0 unspecified atom stereocenters. The molecule has 0 aliphatic carbocycles. The Morgan fingerprint density at radius 2 is 1.76 bits per heavy atom. The number of nitrogen functional groups attached to an aromatic ring is 1. The Labute approximate surface area is 210 Å². The molecule has 8 nitrogen and oxygen atoms in total. The molecule has 6 rings (SSSR count). The Kier molecular flexibility index (Phi) is 5.19. The monoisotopic (exact) mass is 492 g/mol. The zero-order valence-electron chi connectivity index (χ0n) is 19.8. The van der Waals surface area contributed by atoms with Crippen LogP contribution < -0.4 is 11.3 Å². The zero-order valence-corrected chi connectivity index (χ0v) is 19.8. The average molecular weight is 493 g/mol. The second kappa shape index (κ2) is 8.56. The van der Waals surface area contributed by atoms with Gasteiger partial charge >= 0.3 is 0 Å². The van der Waals surface area contributed by atoms with E-state index in [1.165, 1.54) is 17.0 Å². The van der Waals surface area contributed by atoms with E-state index in [0.29, 0.717) is 33.4 Å². The van der Waals surface area contributed by atoms with Crippen LogP contribution in [0.15, 0.2) is 83.9 Å². The summed E-state index contributed by atoms with van der Waals surface area (Å²) in [4.78, 5) is 22.3. The minimum absolute atomic E-state index is 0.110. The number of nitrogens with zero attached hydrogens (tertiary/aromatic N) is 5. The smallest absolute Gasteiger partial charge is 0.263 e. The lowest BCUT2D eigenvalue weighted by molar-refractivity contribution is 0.475. The molecule has 0 saturated carbocycles. The van der Waals surface area contributed by atoms with E-state index < -0.39 is 5.82 Å². The summed E-state index contributed by atoms with van der Waals surface area (Å²) < 4.78 is 18.0. The van der Waals surface area contributed by atoms with E-state index in [2.05, 4.69) is 9.97 Å². The van der Waals surface area contributed by atoms with Crippen LogP contribution in [-0.4, -0.2) is 29.4 Å². The Hall–Kier alpha value is -5.05. The number of phenolic OH excluding ortho intramolecular Hbond substituents is 1. The standard InChI is InChI=1S/C28H21FN6O2/c1-16-5-4-6-18-13-19(35(28(37)23(16)18)22-8-3-2-7-21(22)29)14-34-27-24(26(30)31-15-32-27)25(33-34)17-9-11-20(36)12-10-17/h2-13,15,36H,14H2,1H3,(H2,30,31,32). The van der Waals surface area contributed by atoms with E-state index in [-0.39, 0.29) is 29.4 Å². The number of nitrogens with two attached hydrogens (primary N) is 1. The maximum atomic E-state index is 15.0. The minimum Gasteiger partial charge on any atom is -0.508 e. The summed E-state index contributed by atoms with van der Waals surface area (Å²) in [6, 6.07) is 20.2. The first-order valence-electron chi connectivity index (χ1n) is 11.6. The van der Waals surface area contributed by atoms with Gasteiger partial charge in [-0.3, -0.25) is 9.36 Å². The van der Waals surface area contributed by atoms with Crippen molar-refractivity contribution in [1.29, 1.82) is 0 Å². The van der Waals surface area contributed by atoms with Crippen LogP contribution in [0.5, 0.6) is 5.75 Å². The molecule has 0 spiro atoms. The van der Waals surface area contributed by atoms with Crippen LogP contribution >= 0.6 is 0 Å². The van der Waals surface area contributed by atoms with Gasteiger partial charge in [-0.15, -0.1) is 0 Å². The summed E-state index contributed by atoms with van der Waals surface area (Å²) in [5.74, 6) is -0.141. The van der Waals surface area contributed by atoms with Gasteiger partial charge in [0.2, 0.25) is 0 Å². The van der Waals surface area contributed by atoms with Gasteiger partial charge in [0.05, 0.1) is 23.0 Å². The molecule has 0 aliphatic rings. The van der Waals surface area contributed by atoms with Gasteiger partial charge in [-0.25, -0.2) is 19.0 Å². The Balaban J connectivity index is 1.62. The molecule has 3 heterocycles. The first-order chi connectivity index (χ1) is 17.9. The number of halogens is 1. The molecule has 3 aromatic heterocycles. The fourth-order valence-corrected chi connectivity index (χ4v) is 4.72. The maximum Gasteiger partial charge on any atom is 0.263 e. The normalized spacial score (nSPS) is 11.4. The quantitative estimate of drug-likeness (QED) is 0.373. The van der Waals surface area contributed by atoms with Crippen molar-refractivity contribution in [2.24, 2.45) is 0 Å². The van der Waals surface area contributed by atoms with Crippen molar-refractivity contribution < 1.29 is 9.50 Å². The third-order valence-corrected chi connectivity index (χ3v) is 6.44. The van der Waals surface area contributed by atoms with Crippen LogP contribution in [-0.2, 0) is 6.54 Å². The molecule has 0 saturated heterocycles. The van der Waals surface area contributed by atoms with E-state index in [0.717, 1.165) is 10.9 Å². The molecular weight excluding hydrogens is 471 g/mol. The zero-order chi connectivity index (χ0) is 25.7. The summed E-state index contributed by atoms with van der Waals surface area (Å²) in [6.07, 6.45) is 1.35. The molecule has 0 aliphatic heterocycles. The SMILES string of the molecule is Cc1cccc2cc(Cn3nc(-c4ccc(O)cc4)c4c(N)ncnc43)n(-c3ccccc3F)c(=O)c12. The van der Waals surface area contributed by atoms with Gasteiger partial charge < -0.3 is 10.8 Å². The number of phenols is 1.